The Morgan fingerprint density at radius 1 is 1.10 bits per heavy atom. The number of nitrogens with zero attached hydrogens (tertiary/aromatic N) is 4. The zero-order chi connectivity index (χ0) is 29.5. The van der Waals surface area contributed by atoms with E-state index in [2.05, 4.69) is 20.6 Å². The molecule has 4 rings (SSSR count). The number of methoxy groups -OCH3 is 2. The number of carbonyl (C=O) groups excluding carboxylic acids is 1. The average molecular weight is 577 g/mol. The predicted molar refractivity (Wildman–Crippen MR) is 163 cm³/mol. The van der Waals surface area contributed by atoms with Crippen LogP contribution in [0.25, 0.3) is 22.2 Å². The second-order valence-electron chi connectivity index (χ2n) is 9.53. The Kier molecular flexibility index (Phi) is 9.59. The predicted octanol–water partition coefficient (Wildman–Crippen LogP) is 4.47. The fraction of sp³-hybridized carbons (Fsp3) is 0.267. The molecule has 0 unspecified atom stereocenters. The minimum Gasteiger partial charge on any atom is -0.497 e. The minimum atomic E-state index is -0.260. The Morgan fingerprint density at radius 2 is 1.85 bits per heavy atom. The van der Waals surface area contributed by atoms with Gasteiger partial charge in [0.1, 0.15) is 17.1 Å². The lowest BCUT2D eigenvalue weighted by molar-refractivity contribution is -0.111. The summed E-state index contributed by atoms with van der Waals surface area (Å²) < 4.78 is 12.5. The summed E-state index contributed by atoms with van der Waals surface area (Å²) in [6.07, 6.45) is 5.54. The number of pyridine rings is 1. The molecule has 2 aromatic carbocycles. The lowest BCUT2D eigenvalue weighted by atomic mass is 10.0. The Balaban J connectivity index is 1.66. The Labute approximate surface area is 243 Å². The highest BCUT2D eigenvalue weighted by atomic mass is 35.5. The van der Waals surface area contributed by atoms with Gasteiger partial charge in [0.15, 0.2) is 0 Å². The van der Waals surface area contributed by atoms with Crippen molar-refractivity contribution in [3.63, 3.8) is 0 Å². The van der Waals surface area contributed by atoms with Gasteiger partial charge in [0.2, 0.25) is 11.9 Å². The maximum atomic E-state index is 13.9. The van der Waals surface area contributed by atoms with E-state index in [0.717, 1.165) is 5.56 Å². The van der Waals surface area contributed by atoms with E-state index < -0.39 is 0 Å². The molecule has 0 aliphatic carbocycles. The summed E-state index contributed by atoms with van der Waals surface area (Å²) >= 11 is 6.65. The number of fused-ring (bicyclic) bond motifs is 1. The third-order valence-electron chi connectivity index (χ3n) is 6.39. The Bertz CT molecular complexity index is 1630. The number of anilines is 2. The molecular formula is C30H33ClN6O4. The number of hydrogen-bond acceptors (Lipinski definition) is 8. The topological polar surface area (TPSA) is 111 Å². The van der Waals surface area contributed by atoms with E-state index in [1.54, 1.807) is 42.1 Å². The number of amides is 1. The average Bonchev–Trinajstić information content (AvgIpc) is 2.97. The number of hydrogen-bond donors (Lipinski definition) is 2. The zero-order valence-electron chi connectivity index (χ0n) is 23.7. The number of nitrogens with one attached hydrogen (secondary N) is 2. The molecule has 0 saturated heterocycles. The van der Waals surface area contributed by atoms with Gasteiger partial charge < -0.3 is 25.0 Å². The Hall–Kier alpha value is -4.41. The maximum Gasteiger partial charge on any atom is 0.260 e. The van der Waals surface area contributed by atoms with Gasteiger partial charge in [-0.1, -0.05) is 29.8 Å². The van der Waals surface area contributed by atoms with Crippen LogP contribution in [-0.2, 0) is 17.8 Å². The van der Waals surface area contributed by atoms with Gasteiger partial charge in [-0.25, -0.2) is 4.98 Å². The molecule has 2 aromatic heterocycles. The number of ether oxygens (including phenoxy) is 2. The van der Waals surface area contributed by atoms with E-state index in [-0.39, 0.29) is 11.5 Å². The summed E-state index contributed by atoms with van der Waals surface area (Å²) in [4.78, 5) is 37.0. The summed E-state index contributed by atoms with van der Waals surface area (Å²) in [6, 6.07) is 12.6. The number of likely N-dealkylation sites (N-methyl/N-ethyl adjacent to an activating group) is 1. The van der Waals surface area contributed by atoms with Crippen LogP contribution in [0.15, 0.2) is 65.6 Å². The quantitative estimate of drug-likeness (QED) is 0.252. The lowest BCUT2D eigenvalue weighted by Gasteiger charge is -2.16. The number of aryl methyl sites for hydroxylation is 2. The summed E-state index contributed by atoms with van der Waals surface area (Å²) in [7, 11) is 8.64. The molecule has 11 heteroatoms. The molecule has 10 nitrogen and oxygen atoms in total. The zero-order valence-corrected chi connectivity index (χ0v) is 24.5. The molecule has 1 amide bonds. The number of rotatable bonds is 11. The summed E-state index contributed by atoms with van der Waals surface area (Å²) in [5, 5.41) is 6.77. The lowest BCUT2D eigenvalue weighted by Crippen LogP contribution is -2.24. The molecule has 0 aliphatic rings. The molecule has 0 saturated carbocycles. The van der Waals surface area contributed by atoms with Crippen molar-refractivity contribution < 1.29 is 14.3 Å². The first-order valence-corrected chi connectivity index (χ1v) is 13.3. The first-order valence-electron chi connectivity index (χ1n) is 13.0. The van der Waals surface area contributed by atoms with E-state index in [1.807, 2.05) is 43.3 Å². The van der Waals surface area contributed by atoms with E-state index in [0.29, 0.717) is 69.8 Å². The van der Waals surface area contributed by atoms with Crippen molar-refractivity contribution in [2.75, 3.05) is 52.5 Å². The first-order chi connectivity index (χ1) is 19.7. The van der Waals surface area contributed by atoms with Crippen LogP contribution >= 0.6 is 11.6 Å². The van der Waals surface area contributed by atoms with Crippen molar-refractivity contribution in [1.29, 1.82) is 0 Å². The van der Waals surface area contributed by atoms with Crippen LogP contribution in [0.4, 0.5) is 11.6 Å². The molecule has 0 aliphatic heterocycles. The minimum absolute atomic E-state index is 0.192. The second kappa shape index (κ2) is 13.3. The van der Waals surface area contributed by atoms with E-state index in [4.69, 9.17) is 21.1 Å². The molecule has 4 aromatic rings. The first kappa shape index (κ1) is 29.6. The van der Waals surface area contributed by atoms with Crippen molar-refractivity contribution in [2.24, 2.45) is 0 Å². The summed E-state index contributed by atoms with van der Waals surface area (Å²) in [5.74, 6) is 1.12. The van der Waals surface area contributed by atoms with Crippen LogP contribution in [0.5, 0.6) is 11.5 Å². The van der Waals surface area contributed by atoms with Gasteiger partial charge in [-0.2, -0.15) is 4.98 Å². The Morgan fingerprint density at radius 3 is 2.51 bits per heavy atom. The number of halogens is 1. The van der Waals surface area contributed by atoms with Gasteiger partial charge >= 0.3 is 0 Å². The van der Waals surface area contributed by atoms with Crippen molar-refractivity contribution in [3.05, 3.63) is 81.8 Å². The molecule has 0 radical (unpaired) electrons. The van der Waals surface area contributed by atoms with Crippen LogP contribution in [0.2, 0.25) is 5.02 Å². The number of carbonyl (C=O) groups is 1. The van der Waals surface area contributed by atoms with Crippen LogP contribution in [-0.4, -0.2) is 67.2 Å². The highest BCUT2D eigenvalue weighted by Gasteiger charge is 2.19. The molecule has 2 N–H and O–H groups in total. The number of benzene rings is 2. The third-order valence-corrected chi connectivity index (χ3v) is 6.78. The van der Waals surface area contributed by atoms with Gasteiger partial charge in [-0.3, -0.25) is 14.2 Å². The fourth-order valence-corrected chi connectivity index (χ4v) is 4.55. The summed E-state index contributed by atoms with van der Waals surface area (Å²) in [5.41, 5.74) is 2.77. The molecule has 0 bridgehead atoms. The maximum absolute atomic E-state index is 13.9. The highest BCUT2D eigenvalue weighted by molar-refractivity contribution is 6.35. The molecule has 214 valence electrons. The molecule has 0 fully saturated rings. The van der Waals surface area contributed by atoms with Crippen molar-refractivity contribution in [3.8, 4) is 22.6 Å². The van der Waals surface area contributed by atoms with Gasteiger partial charge in [-0.15, -0.1) is 0 Å². The monoisotopic (exact) mass is 576 g/mol. The highest BCUT2D eigenvalue weighted by Crippen LogP contribution is 2.38. The van der Waals surface area contributed by atoms with Gasteiger partial charge in [-0.05, 0) is 50.3 Å². The van der Waals surface area contributed by atoms with E-state index in [9.17, 15) is 9.59 Å². The van der Waals surface area contributed by atoms with E-state index in [1.165, 1.54) is 20.3 Å². The molecular weight excluding hydrogens is 544 g/mol. The number of aromatic nitrogens is 3. The van der Waals surface area contributed by atoms with Crippen LogP contribution in [0.3, 0.4) is 0 Å². The van der Waals surface area contributed by atoms with Gasteiger partial charge in [0.05, 0.1) is 19.2 Å². The van der Waals surface area contributed by atoms with E-state index >= 15 is 0 Å². The van der Waals surface area contributed by atoms with Gasteiger partial charge in [0.25, 0.3) is 5.56 Å². The standard InChI is InChI=1S/C30H33ClN6O4/c1-32-30-33-18-20-15-24(23-16-22(40-4)17-25(41-5)27(23)31)29(39)37(28(20)35-30)14-12-19-8-10-21(11-9-19)34-26(38)7-6-13-36(2)3/h6-11,15-18H,12-14H2,1-5H3,(H,34,38)(H,32,33,35)/b7-6+. The van der Waals surface area contributed by atoms with Crippen LogP contribution in [0, 0.1) is 0 Å². The second-order valence-corrected chi connectivity index (χ2v) is 9.91. The van der Waals surface area contributed by atoms with Crippen molar-refractivity contribution in [1.82, 2.24) is 19.4 Å². The fourth-order valence-electron chi connectivity index (χ4n) is 4.26. The van der Waals surface area contributed by atoms with Gasteiger partial charge in [0, 0.05) is 60.7 Å². The molecule has 41 heavy (non-hydrogen) atoms. The normalized spacial score (nSPS) is 11.3. The van der Waals surface area contributed by atoms with Crippen molar-refractivity contribution >= 4 is 40.2 Å². The molecule has 2 heterocycles. The smallest absolute Gasteiger partial charge is 0.260 e. The largest absolute Gasteiger partial charge is 0.497 e. The SMILES string of the molecule is CNc1ncc2cc(-c3cc(OC)cc(OC)c3Cl)c(=O)n(CCc3ccc(NC(=O)/C=C/CN(C)C)cc3)c2n1. The third kappa shape index (κ3) is 7.03. The summed E-state index contributed by atoms with van der Waals surface area (Å²) in [6.45, 7) is 1.03. The van der Waals surface area contributed by atoms with Crippen LogP contribution in [0.1, 0.15) is 5.56 Å². The van der Waals surface area contributed by atoms with Crippen molar-refractivity contribution in [2.45, 2.75) is 13.0 Å². The molecule has 0 spiro atoms. The molecule has 0 atom stereocenters. The van der Waals surface area contributed by atoms with Crippen LogP contribution < -0.4 is 25.7 Å².